The van der Waals surface area contributed by atoms with E-state index >= 15 is 0 Å². The molecule has 0 spiro atoms. The highest BCUT2D eigenvalue weighted by Gasteiger charge is 2.45. The van der Waals surface area contributed by atoms with Gasteiger partial charge in [0.1, 0.15) is 17.1 Å². The van der Waals surface area contributed by atoms with Gasteiger partial charge in [0.15, 0.2) is 0 Å². The highest BCUT2D eigenvalue weighted by molar-refractivity contribution is 5.96. The Bertz CT molecular complexity index is 877. The number of esters is 1. The average molecular weight is 402 g/mol. The predicted molar refractivity (Wildman–Crippen MR) is 105 cm³/mol. The first-order valence-electron chi connectivity index (χ1n) is 10.1. The second-order valence-corrected chi connectivity index (χ2v) is 7.55. The highest BCUT2D eigenvalue weighted by atomic mass is 19.1. The molecular weight excluding hydrogens is 375 g/mol. The van der Waals surface area contributed by atoms with Crippen molar-refractivity contribution in [3.63, 3.8) is 0 Å². The summed E-state index contributed by atoms with van der Waals surface area (Å²) >= 11 is 0. The zero-order valence-corrected chi connectivity index (χ0v) is 17.2. The lowest BCUT2D eigenvalue weighted by atomic mass is 9.75. The number of piperidine rings is 1. The van der Waals surface area contributed by atoms with Crippen LogP contribution in [0.3, 0.4) is 0 Å². The Morgan fingerprint density at radius 1 is 1.28 bits per heavy atom. The van der Waals surface area contributed by atoms with Crippen LogP contribution in [0.1, 0.15) is 54.1 Å². The standard InChI is InChI=1S/C22H27FN2O4/c1-4-18-19(15(3)29-24-18)20(26)25-12-6-11-22(14-25,21(27)28-5-2)13-16-7-9-17(23)10-8-16/h7-10H,4-6,11-14H2,1-3H3. The van der Waals surface area contributed by atoms with Gasteiger partial charge < -0.3 is 14.2 Å². The third kappa shape index (κ3) is 4.33. The molecule has 29 heavy (non-hydrogen) atoms. The van der Waals surface area contributed by atoms with E-state index in [2.05, 4.69) is 5.16 Å². The summed E-state index contributed by atoms with van der Waals surface area (Å²) in [4.78, 5) is 27.9. The molecule has 6 nitrogen and oxygen atoms in total. The fourth-order valence-electron chi connectivity index (χ4n) is 4.06. The van der Waals surface area contributed by atoms with Gasteiger partial charge in [0, 0.05) is 13.1 Å². The van der Waals surface area contributed by atoms with E-state index in [0.29, 0.717) is 49.2 Å². The topological polar surface area (TPSA) is 72.6 Å². The lowest BCUT2D eigenvalue weighted by Crippen LogP contribution is -2.51. The van der Waals surface area contributed by atoms with Gasteiger partial charge in [-0.3, -0.25) is 9.59 Å². The van der Waals surface area contributed by atoms with Crippen LogP contribution in [-0.2, 0) is 22.4 Å². The van der Waals surface area contributed by atoms with Crippen LogP contribution < -0.4 is 0 Å². The van der Waals surface area contributed by atoms with Gasteiger partial charge in [-0.1, -0.05) is 24.2 Å². The molecule has 1 fully saturated rings. The summed E-state index contributed by atoms with van der Waals surface area (Å²) in [7, 11) is 0. The molecule has 1 amide bonds. The number of nitrogens with zero attached hydrogens (tertiary/aromatic N) is 2. The predicted octanol–water partition coefficient (Wildman–Crippen LogP) is 3.71. The SMILES string of the molecule is CCOC(=O)C1(Cc2ccc(F)cc2)CCCN(C(=O)c2c(CC)noc2C)C1. The highest BCUT2D eigenvalue weighted by Crippen LogP contribution is 2.36. The molecule has 0 bridgehead atoms. The number of hydrogen-bond acceptors (Lipinski definition) is 5. The van der Waals surface area contributed by atoms with Gasteiger partial charge in [0.2, 0.25) is 0 Å². The van der Waals surface area contributed by atoms with Gasteiger partial charge in [-0.25, -0.2) is 4.39 Å². The molecule has 1 aromatic heterocycles. The molecule has 156 valence electrons. The number of amides is 1. The van der Waals surface area contributed by atoms with E-state index in [1.54, 1.807) is 30.9 Å². The number of carbonyl (C=O) groups excluding carboxylic acids is 2. The van der Waals surface area contributed by atoms with Crippen LogP contribution in [0.5, 0.6) is 0 Å². The maximum absolute atomic E-state index is 13.3. The first-order valence-corrected chi connectivity index (χ1v) is 10.1. The van der Waals surface area contributed by atoms with E-state index in [1.807, 2.05) is 6.92 Å². The van der Waals surface area contributed by atoms with Gasteiger partial charge in [-0.05, 0) is 57.2 Å². The number of hydrogen-bond donors (Lipinski definition) is 0. The molecule has 7 heteroatoms. The molecule has 0 radical (unpaired) electrons. The summed E-state index contributed by atoms with van der Waals surface area (Å²) in [6.07, 6.45) is 2.26. The van der Waals surface area contributed by atoms with Crippen LogP contribution in [0.4, 0.5) is 4.39 Å². The van der Waals surface area contributed by atoms with Crippen molar-refractivity contribution in [1.29, 1.82) is 0 Å². The van der Waals surface area contributed by atoms with E-state index < -0.39 is 5.41 Å². The Labute approximate surface area is 170 Å². The normalized spacial score (nSPS) is 19.2. The molecular formula is C22H27FN2O4. The molecule has 2 aromatic rings. The Hall–Kier alpha value is -2.70. The van der Waals surface area contributed by atoms with E-state index in [9.17, 15) is 14.0 Å². The number of ether oxygens (including phenoxy) is 1. The molecule has 1 saturated heterocycles. The molecule has 1 atom stereocenters. The molecule has 1 aliphatic heterocycles. The number of likely N-dealkylation sites (tertiary alicyclic amines) is 1. The molecule has 1 aliphatic rings. The second-order valence-electron chi connectivity index (χ2n) is 7.55. The molecule has 1 unspecified atom stereocenters. The van der Waals surface area contributed by atoms with Crippen molar-refractivity contribution in [2.24, 2.45) is 5.41 Å². The second kappa shape index (κ2) is 8.76. The monoisotopic (exact) mass is 402 g/mol. The summed E-state index contributed by atoms with van der Waals surface area (Å²) in [5.41, 5.74) is 1.08. The smallest absolute Gasteiger partial charge is 0.314 e. The third-order valence-electron chi connectivity index (χ3n) is 5.51. The van der Waals surface area contributed by atoms with Gasteiger partial charge >= 0.3 is 5.97 Å². The van der Waals surface area contributed by atoms with Gasteiger partial charge in [0.05, 0.1) is 17.7 Å². The maximum atomic E-state index is 13.3. The van der Waals surface area contributed by atoms with Crippen molar-refractivity contribution in [2.45, 2.75) is 46.5 Å². The minimum Gasteiger partial charge on any atom is -0.466 e. The molecule has 1 aromatic carbocycles. The van der Waals surface area contributed by atoms with Gasteiger partial charge in [-0.2, -0.15) is 0 Å². The minimum atomic E-state index is -0.862. The van der Waals surface area contributed by atoms with Crippen LogP contribution >= 0.6 is 0 Å². The lowest BCUT2D eigenvalue weighted by molar-refractivity contribution is -0.158. The van der Waals surface area contributed by atoms with Crippen molar-refractivity contribution in [3.8, 4) is 0 Å². The molecule has 0 saturated carbocycles. The Kier molecular flexibility index (Phi) is 6.35. The van der Waals surface area contributed by atoms with Crippen molar-refractivity contribution in [1.82, 2.24) is 10.1 Å². The van der Waals surface area contributed by atoms with Crippen LogP contribution in [-0.4, -0.2) is 41.6 Å². The van der Waals surface area contributed by atoms with Crippen molar-refractivity contribution >= 4 is 11.9 Å². The fraction of sp³-hybridized carbons (Fsp3) is 0.500. The summed E-state index contributed by atoms with van der Waals surface area (Å²) in [5.74, 6) is -0.334. The number of aromatic nitrogens is 1. The number of carbonyl (C=O) groups is 2. The Balaban J connectivity index is 1.90. The van der Waals surface area contributed by atoms with Crippen LogP contribution in [0, 0.1) is 18.2 Å². The summed E-state index contributed by atoms with van der Waals surface area (Å²) in [6.45, 7) is 6.47. The Morgan fingerprint density at radius 3 is 2.66 bits per heavy atom. The van der Waals surface area contributed by atoms with E-state index in [1.165, 1.54) is 12.1 Å². The van der Waals surface area contributed by atoms with Gasteiger partial charge in [-0.15, -0.1) is 0 Å². The molecule has 3 rings (SSSR count). The minimum absolute atomic E-state index is 0.173. The van der Waals surface area contributed by atoms with Crippen molar-refractivity contribution in [3.05, 3.63) is 52.7 Å². The summed E-state index contributed by atoms with van der Waals surface area (Å²) < 4.78 is 23.9. The van der Waals surface area contributed by atoms with Crippen molar-refractivity contribution in [2.75, 3.05) is 19.7 Å². The summed E-state index contributed by atoms with van der Waals surface area (Å²) in [5, 5.41) is 3.98. The molecule has 2 heterocycles. The molecule has 0 aliphatic carbocycles. The van der Waals surface area contributed by atoms with Crippen LogP contribution in [0.25, 0.3) is 0 Å². The zero-order chi connectivity index (χ0) is 21.0. The Morgan fingerprint density at radius 2 is 2.00 bits per heavy atom. The van der Waals surface area contributed by atoms with Gasteiger partial charge in [0.25, 0.3) is 5.91 Å². The van der Waals surface area contributed by atoms with Crippen LogP contribution in [0.2, 0.25) is 0 Å². The molecule has 0 N–H and O–H groups in total. The maximum Gasteiger partial charge on any atom is 0.314 e. The third-order valence-corrected chi connectivity index (χ3v) is 5.51. The largest absolute Gasteiger partial charge is 0.466 e. The van der Waals surface area contributed by atoms with E-state index in [4.69, 9.17) is 9.26 Å². The first kappa shape index (κ1) is 21.0. The first-order chi connectivity index (χ1) is 13.9. The van der Waals surface area contributed by atoms with E-state index in [0.717, 1.165) is 5.56 Å². The number of benzene rings is 1. The number of halogens is 1. The van der Waals surface area contributed by atoms with E-state index in [-0.39, 0.29) is 30.8 Å². The number of aryl methyl sites for hydroxylation is 2. The lowest BCUT2D eigenvalue weighted by Gasteiger charge is -2.41. The van der Waals surface area contributed by atoms with Crippen molar-refractivity contribution < 1.29 is 23.2 Å². The average Bonchev–Trinajstić information content (AvgIpc) is 3.10. The summed E-state index contributed by atoms with van der Waals surface area (Å²) in [6, 6.07) is 6.12. The fourth-order valence-corrected chi connectivity index (χ4v) is 4.06. The van der Waals surface area contributed by atoms with Crippen LogP contribution in [0.15, 0.2) is 28.8 Å². The zero-order valence-electron chi connectivity index (χ0n) is 17.2. The number of rotatable bonds is 6. The quantitative estimate of drug-likeness (QED) is 0.689.